The highest BCUT2D eigenvalue weighted by atomic mass is 15.5. The van der Waals surface area contributed by atoms with Gasteiger partial charge in [-0.15, -0.1) is 5.10 Å². The van der Waals surface area contributed by atoms with Gasteiger partial charge in [0.25, 0.3) is 0 Å². The molecule has 0 amide bonds. The molecule has 0 bridgehead atoms. The molecule has 0 aliphatic carbocycles. The van der Waals surface area contributed by atoms with Gasteiger partial charge in [0, 0.05) is 31.0 Å². The van der Waals surface area contributed by atoms with Crippen LogP contribution in [0.1, 0.15) is 37.8 Å². The summed E-state index contributed by atoms with van der Waals surface area (Å²) in [5, 5.41) is 11.3. The van der Waals surface area contributed by atoms with Gasteiger partial charge in [0.05, 0.1) is 0 Å². The minimum Gasteiger partial charge on any atom is -0.300 e. The monoisotopic (exact) mass is 300 g/mol. The minimum absolute atomic E-state index is 0.699. The lowest BCUT2D eigenvalue weighted by atomic mass is 9.97. The van der Waals surface area contributed by atoms with Gasteiger partial charge >= 0.3 is 0 Å². The van der Waals surface area contributed by atoms with E-state index in [0.717, 1.165) is 25.9 Å². The molecule has 1 aliphatic rings. The van der Waals surface area contributed by atoms with Crippen LogP contribution in [0, 0.1) is 0 Å². The number of pyridine rings is 1. The maximum Gasteiger partial charge on any atom is 0.138 e. The van der Waals surface area contributed by atoms with E-state index < -0.39 is 0 Å². The van der Waals surface area contributed by atoms with Crippen LogP contribution in [0.25, 0.3) is 0 Å². The van der Waals surface area contributed by atoms with Gasteiger partial charge in [0.2, 0.25) is 0 Å². The maximum absolute atomic E-state index is 4.44. The molecule has 0 aromatic carbocycles. The summed E-state index contributed by atoms with van der Waals surface area (Å²) in [6, 6.07) is 6.89. The molecule has 0 spiro atoms. The van der Waals surface area contributed by atoms with Crippen molar-refractivity contribution in [2.75, 3.05) is 13.1 Å². The first kappa shape index (κ1) is 15.1. The van der Waals surface area contributed by atoms with Gasteiger partial charge in [-0.25, -0.2) is 4.68 Å². The molecule has 1 fully saturated rings. The molecule has 3 rings (SSSR count). The predicted molar refractivity (Wildman–Crippen MR) is 84.2 cm³/mol. The van der Waals surface area contributed by atoms with Gasteiger partial charge in [0.15, 0.2) is 0 Å². The van der Waals surface area contributed by atoms with Crippen molar-refractivity contribution < 1.29 is 0 Å². The number of rotatable bonds is 7. The van der Waals surface area contributed by atoms with Gasteiger partial charge < -0.3 is 4.90 Å². The second-order valence-electron chi connectivity index (χ2n) is 5.97. The summed E-state index contributed by atoms with van der Waals surface area (Å²) in [5.74, 6) is 0. The van der Waals surface area contributed by atoms with Crippen molar-refractivity contribution in [1.82, 2.24) is 30.1 Å². The number of aromatic nitrogens is 5. The summed E-state index contributed by atoms with van der Waals surface area (Å²) in [4.78, 5) is 7.09. The topological polar surface area (TPSA) is 59.7 Å². The molecule has 6 nitrogen and oxygen atoms in total. The van der Waals surface area contributed by atoms with E-state index >= 15 is 0 Å². The minimum atomic E-state index is 0.699. The van der Waals surface area contributed by atoms with Crippen molar-refractivity contribution in [3.05, 3.63) is 36.4 Å². The van der Waals surface area contributed by atoms with Gasteiger partial charge in [-0.2, -0.15) is 0 Å². The van der Waals surface area contributed by atoms with Crippen LogP contribution in [0.15, 0.2) is 30.7 Å². The Hall–Kier alpha value is -1.82. The molecule has 1 aliphatic heterocycles. The highest BCUT2D eigenvalue weighted by Crippen LogP contribution is 2.21. The highest BCUT2D eigenvalue weighted by molar-refractivity contribution is 5.03. The Kier molecular flexibility index (Phi) is 5.48. The average Bonchev–Trinajstić information content (AvgIpc) is 3.08. The number of nitrogens with zero attached hydrogens (tertiary/aromatic N) is 6. The average molecular weight is 300 g/mol. The Balaban J connectivity index is 1.46. The van der Waals surface area contributed by atoms with Crippen molar-refractivity contribution >= 4 is 0 Å². The Morgan fingerprint density at radius 3 is 3.00 bits per heavy atom. The predicted octanol–water partition coefficient (Wildman–Crippen LogP) is 1.95. The molecule has 0 N–H and O–H groups in total. The number of hydrogen-bond acceptors (Lipinski definition) is 5. The molecule has 1 saturated heterocycles. The van der Waals surface area contributed by atoms with Gasteiger partial charge in [-0.1, -0.05) is 12.5 Å². The SMILES string of the molecule is c1ccc(CCC2CCCCN2CCCn2cnnn2)nc1. The fourth-order valence-electron chi connectivity index (χ4n) is 3.26. The molecule has 118 valence electrons. The van der Waals surface area contributed by atoms with Crippen molar-refractivity contribution in [2.45, 2.75) is 51.1 Å². The van der Waals surface area contributed by atoms with Crippen molar-refractivity contribution in [2.24, 2.45) is 0 Å². The third-order valence-electron chi connectivity index (χ3n) is 4.43. The number of hydrogen-bond donors (Lipinski definition) is 0. The first-order valence-electron chi connectivity index (χ1n) is 8.26. The summed E-state index contributed by atoms with van der Waals surface area (Å²) in [6.07, 6.45) is 11.0. The van der Waals surface area contributed by atoms with Crippen molar-refractivity contribution in [3.63, 3.8) is 0 Å². The third kappa shape index (κ3) is 4.34. The summed E-state index contributed by atoms with van der Waals surface area (Å²) in [7, 11) is 0. The fraction of sp³-hybridized carbons (Fsp3) is 0.625. The van der Waals surface area contributed by atoms with E-state index in [0.29, 0.717) is 6.04 Å². The molecular formula is C16H24N6. The van der Waals surface area contributed by atoms with Gasteiger partial charge in [-0.05, 0) is 61.2 Å². The molecule has 0 saturated carbocycles. The number of likely N-dealkylation sites (tertiary alicyclic amines) is 1. The van der Waals surface area contributed by atoms with Crippen LogP contribution in [-0.2, 0) is 13.0 Å². The lowest BCUT2D eigenvalue weighted by molar-refractivity contribution is 0.136. The summed E-state index contributed by atoms with van der Waals surface area (Å²) in [5.41, 5.74) is 1.21. The van der Waals surface area contributed by atoms with Crippen LogP contribution in [-0.4, -0.2) is 49.2 Å². The van der Waals surface area contributed by atoms with Gasteiger partial charge in [-0.3, -0.25) is 4.98 Å². The Bertz CT molecular complexity index is 527. The second-order valence-corrected chi connectivity index (χ2v) is 5.97. The molecule has 2 aromatic heterocycles. The van der Waals surface area contributed by atoms with E-state index in [4.69, 9.17) is 0 Å². The fourth-order valence-corrected chi connectivity index (χ4v) is 3.26. The largest absolute Gasteiger partial charge is 0.300 e. The first-order valence-corrected chi connectivity index (χ1v) is 8.26. The van der Waals surface area contributed by atoms with Gasteiger partial charge in [0.1, 0.15) is 6.33 Å². The first-order chi connectivity index (χ1) is 10.9. The lowest BCUT2D eigenvalue weighted by Gasteiger charge is -2.35. The Labute approximate surface area is 131 Å². The van der Waals surface area contributed by atoms with E-state index in [-0.39, 0.29) is 0 Å². The van der Waals surface area contributed by atoms with Crippen LogP contribution >= 0.6 is 0 Å². The molecule has 0 radical (unpaired) electrons. The van der Waals surface area contributed by atoms with Crippen molar-refractivity contribution in [3.8, 4) is 0 Å². The van der Waals surface area contributed by atoms with Crippen LogP contribution in [0.4, 0.5) is 0 Å². The van der Waals surface area contributed by atoms with E-state index in [1.165, 1.54) is 37.9 Å². The van der Waals surface area contributed by atoms with Crippen LogP contribution in [0.2, 0.25) is 0 Å². The number of aryl methyl sites for hydroxylation is 2. The maximum atomic E-state index is 4.44. The zero-order valence-electron chi connectivity index (χ0n) is 13.0. The highest BCUT2D eigenvalue weighted by Gasteiger charge is 2.21. The molecule has 1 atom stereocenters. The summed E-state index contributed by atoms with van der Waals surface area (Å²) >= 11 is 0. The van der Waals surface area contributed by atoms with Crippen LogP contribution < -0.4 is 0 Å². The Morgan fingerprint density at radius 1 is 1.18 bits per heavy atom. The molecular weight excluding hydrogens is 276 g/mol. The molecule has 6 heteroatoms. The quantitative estimate of drug-likeness (QED) is 0.782. The normalized spacial score (nSPS) is 19.4. The molecule has 3 heterocycles. The van der Waals surface area contributed by atoms with E-state index in [2.05, 4.69) is 37.5 Å². The van der Waals surface area contributed by atoms with Crippen molar-refractivity contribution in [1.29, 1.82) is 0 Å². The van der Waals surface area contributed by atoms with Crippen LogP contribution in [0.3, 0.4) is 0 Å². The molecule has 22 heavy (non-hydrogen) atoms. The third-order valence-corrected chi connectivity index (χ3v) is 4.43. The molecule has 2 aromatic rings. The lowest BCUT2D eigenvalue weighted by Crippen LogP contribution is -2.40. The zero-order chi connectivity index (χ0) is 15.0. The van der Waals surface area contributed by atoms with E-state index in [1.807, 2.05) is 16.9 Å². The van der Waals surface area contributed by atoms with E-state index in [9.17, 15) is 0 Å². The number of tetrazole rings is 1. The smallest absolute Gasteiger partial charge is 0.138 e. The Morgan fingerprint density at radius 2 is 2.18 bits per heavy atom. The zero-order valence-corrected chi connectivity index (χ0v) is 13.0. The second kappa shape index (κ2) is 7.98. The van der Waals surface area contributed by atoms with E-state index in [1.54, 1.807) is 6.33 Å². The molecule has 1 unspecified atom stereocenters. The van der Waals surface area contributed by atoms with Crippen LogP contribution in [0.5, 0.6) is 0 Å². The summed E-state index contributed by atoms with van der Waals surface area (Å²) < 4.78 is 1.81. The summed E-state index contributed by atoms with van der Waals surface area (Å²) in [6.45, 7) is 3.26. The standard InChI is InChI=1S/C16H24N6/c1-3-10-17-15(6-1)8-9-16-7-2-4-11-21(16)12-5-13-22-14-18-19-20-22/h1,3,6,10,14,16H,2,4-5,7-9,11-13H2. The number of piperidine rings is 1.